The van der Waals surface area contributed by atoms with Crippen molar-refractivity contribution in [1.29, 1.82) is 0 Å². The van der Waals surface area contributed by atoms with Gasteiger partial charge in [0.2, 0.25) is 0 Å². The second-order valence-electron chi connectivity index (χ2n) is 6.10. The van der Waals surface area contributed by atoms with Crippen LogP contribution in [0.5, 0.6) is 0 Å². The molecule has 2 atom stereocenters. The lowest BCUT2D eigenvalue weighted by atomic mass is 9.93. The zero-order valence-electron chi connectivity index (χ0n) is 14.9. The molecule has 2 unspecified atom stereocenters. The molecule has 7 heteroatoms. The lowest BCUT2D eigenvalue weighted by Gasteiger charge is -2.21. The first-order valence-electron chi connectivity index (χ1n) is 8.49. The second-order valence-corrected chi connectivity index (χ2v) is 6.10. The Morgan fingerprint density at radius 3 is 2.59 bits per heavy atom. The summed E-state index contributed by atoms with van der Waals surface area (Å²) in [7, 11) is 0. The van der Waals surface area contributed by atoms with Gasteiger partial charge >= 0.3 is 6.09 Å². The van der Waals surface area contributed by atoms with Gasteiger partial charge in [-0.25, -0.2) is 9.18 Å². The molecule has 0 fully saturated rings. The Balaban J connectivity index is 1.85. The number of amides is 1. The van der Waals surface area contributed by atoms with Gasteiger partial charge in [0.15, 0.2) is 6.29 Å². The molecular formula is C20H22FNO5. The van der Waals surface area contributed by atoms with E-state index in [0.29, 0.717) is 11.8 Å². The van der Waals surface area contributed by atoms with Gasteiger partial charge in [0.05, 0.1) is 11.7 Å². The van der Waals surface area contributed by atoms with Crippen LogP contribution in [0.1, 0.15) is 39.6 Å². The highest BCUT2D eigenvalue weighted by atomic mass is 19.1. The van der Waals surface area contributed by atoms with Crippen molar-refractivity contribution in [3.8, 4) is 0 Å². The van der Waals surface area contributed by atoms with Gasteiger partial charge in [-0.3, -0.25) is 4.79 Å². The van der Waals surface area contributed by atoms with Crippen molar-refractivity contribution in [1.82, 2.24) is 5.32 Å². The molecular weight excluding hydrogens is 353 g/mol. The number of aliphatic hydroxyl groups is 2. The number of aryl methyl sites for hydroxylation is 1. The molecule has 0 aliphatic heterocycles. The molecule has 0 aliphatic carbocycles. The maximum absolute atomic E-state index is 13.7. The third-order valence-corrected chi connectivity index (χ3v) is 4.15. The van der Waals surface area contributed by atoms with Crippen LogP contribution in [0.15, 0.2) is 42.5 Å². The fraction of sp³-hybridized carbons (Fsp3) is 0.300. The Labute approximate surface area is 156 Å². The summed E-state index contributed by atoms with van der Waals surface area (Å²) in [5.41, 5.74) is 1.09. The van der Waals surface area contributed by atoms with E-state index in [2.05, 4.69) is 5.32 Å². The van der Waals surface area contributed by atoms with E-state index >= 15 is 0 Å². The molecule has 0 heterocycles. The molecule has 6 nitrogen and oxygen atoms in total. The number of alkyl carbamates (subject to hydrolysis) is 1. The normalized spacial score (nSPS) is 12.9. The number of carbonyl (C=O) groups is 2. The van der Waals surface area contributed by atoms with Crippen LogP contribution in [0.4, 0.5) is 9.18 Å². The number of halogens is 1. The number of hydrogen-bond acceptors (Lipinski definition) is 5. The van der Waals surface area contributed by atoms with Crippen LogP contribution in [-0.4, -0.2) is 35.2 Å². The Bertz CT molecular complexity index is 781. The second kappa shape index (κ2) is 9.80. The predicted molar refractivity (Wildman–Crippen MR) is 96.7 cm³/mol. The molecule has 0 saturated carbocycles. The molecule has 3 N–H and O–H groups in total. The zero-order chi connectivity index (χ0) is 19.8. The number of rotatable bonds is 8. The highest BCUT2D eigenvalue weighted by Gasteiger charge is 2.24. The van der Waals surface area contributed by atoms with E-state index in [1.807, 2.05) is 30.3 Å². The van der Waals surface area contributed by atoms with Gasteiger partial charge in [0.1, 0.15) is 18.5 Å². The van der Waals surface area contributed by atoms with Crippen molar-refractivity contribution in [3.63, 3.8) is 0 Å². The first kappa shape index (κ1) is 20.5. The average Bonchev–Trinajstić information content (AvgIpc) is 2.68. The minimum absolute atomic E-state index is 0.00411. The molecule has 0 saturated heterocycles. The van der Waals surface area contributed by atoms with Crippen LogP contribution >= 0.6 is 0 Å². The number of ether oxygens (including phenoxy) is 1. The number of benzene rings is 2. The summed E-state index contributed by atoms with van der Waals surface area (Å²) >= 11 is 0. The van der Waals surface area contributed by atoms with E-state index in [0.717, 1.165) is 11.6 Å². The van der Waals surface area contributed by atoms with Gasteiger partial charge in [0, 0.05) is 6.54 Å². The third-order valence-electron chi connectivity index (χ3n) is 4.15. The van der Waals surface area contributed by atoms with Crippen molar-refractivity contribution in [3.05, 3.63) is 70.5 Å². The van der Waals surface area contributed by atoms with Crippen LogP contribution in [-0.2, 0) is 11.3 Å². The summed E-state index contributed by atoms with van der Waals surface area (Å²) in [6, 6.07) is 11.7. The standard InChI is InChI=1S/C20H22FNO5/c1-13-7-8-16(21)15(11-23)18(13)19(25)17(24)9-10-22-20(26)27-12-14-5-3-2-4-6-14/h2-8,11,17,19,24-25H,9-10,12H2,1H3,(H,22,26). The smallest absolute Gasteiger partial charge is 0.407 e. The van der Waals surface area contributed by atoms with Crippen LogP contribution in [0, 0.1) is 12.7 Å². The number of aliphatic hydroxyl groups excluding tert-OH is 2. The number of nitrogens with one attached hydrogen (secondary N) is 1. The van der Waals surface area contributed by atoms with Crippen molar-refractivity contribution in [2.24, 2.45) is 0 Å². The van der Waals surface area contributed by atoms with Crippen LogP contribution < -0.4 is 5.32 Å². The van der Waals surface area contributed by atoms with Crippen molar-refractivity contribution in [2.75, 3.05) is 6.54 Å². The van der Waals surface area contributed by atoms with Gasteiger partial charge < -0.3 is 20.3 Å². The van der Waals surface area contributed by atoms with Gasteiger partial charge in [-0.2, -0.15) is 0 Å². The molecule has 0 bridgehead atoms. The maximum atomic E-state index is 13.7. The molecule has 0 radical (unpaired) electrons. The summed E-state index contributed by atoms with van der Waals surface area (Å²) in [6.07, 6.45) is -3.10. The SMILES string of the molecule is Cc1ccc(F)c(C=O)c1C(O)C(O)CCNC(=O)OCc1ccccc1. The Hall–Kier alpha value is -2.77. The number of carbonyl (C=O) groups excluding carboxylic acids is 2. The summed E-state index contributed by atoms with van der Waals surface area (Å²) in [4.78, 5) is 22.8. The lowest BCUT2D eigenvalue weighted by Crippen LogP contribution is -2.30. The zero-order valence-corrected chi connectivity index (χ0v) is 14.9. The lowest BCUT2D eigenvalue weighted by molar-refractivity contribution is 0.0128. The number of aldehydes is 1. The monoisotopic (exact) mass is 375 g/mol. The molecule has 2 aromatic rings. The van der Waals surface area contributed by atoms with Gasteiger partial charge in [-0.05, 0) is 36.1 Å². The summed E-state index contributed by atoms with van der Waals surface area (Å²) in [5.74, 6) is -0.764. The minimum Gasteiger partial charge on any atom is -0.445 e. The summed E-state index contributed by atoms with van der Waals surface area (Å²) in [6.45, 7) is 1.76. The molecule has 2 rings (SSSR count). The summed E-state index contributed by atoms with van der Waals surface area (Å²) < 4.78 is 18.8. The Kier molecular flexibility index (Phi) is 7.45. The predicted octanol–water partition coefficient (Wildman–Crippen LogP) is 2.66. The first-order valence-corrected chi connectivity index (χ1v) is 8.49. The van der Waals surface area contributed by atoms with E-state index in [4.69, 9.17) is 4.74 Å². The molecule has 0 aromatic heterocycles. The van der Waals surface area contributed by atoms with Crippen LogP contribution in [0.3, 0.4) is 0 Å². The quantitative estimate of drug-likeness (QED) is 0.617. The van der Waals surface area contributed by atoms with Gasteiger partial charge in [0.25, 0.3) is 0 Å². The van der Waals surface area contributed by atoms with E-state index in [-0.39, 0.29) is 30.7 Å². The highest BCUT2D eigenvalue weighted by Crippen LogP contribution is 2.27. The molecule has 0 spiro atoms. The van der Waals surface area contributed by atoms with Crippen molar-refractivity contribution in [2.45, 2.75) is 32.2 Å². The average molecular weight is 375 g/mol. The van der Waals surface area contributed by atoms with E-state index in [1.54, 1.807) is 6.92 Å². The number of hydrogen-bond donors (Lipinski definition) is 3. The Morgan fingerprint density at radius 1 is 1.22 bits per heavy atom. The fourth-order valence-electron chi connectivity index (χ4n) is 2.68. The van der Waals surface area contributed by atoms with Gasteiger partial charge in [-0.15, -0.1) is 0 Å². The third kappa shape index (κ3) is 5.60. The first-order chi connectivity index (χ1) is 12.9. The van der Waals surface area contributed by atoms with E-state index in [9.17, 15) is 24.2 Å². The largest absolute Gasteiger partial charge is 0.445 e. The van der Waals surface area contributed by atoms with Crippen LogP contribution in [0.25, 0.3) is 0 Å². The molecule has 2 aromatic carbocycles. The highest BCUT2D eigenvalue weighted by molar-refractivity contribution is 5.78. The van der Waals surface area contributed by atoms with Crippen molar-refractivity contribution >= 4 is 12.4 Å². The van der Waals surface area contributed by atoms with E-state index in [1.165, 1.54) is 6.07 Å². The Morgan fingerprint density at radius 2 is 1.93 bits per heavy atom. The maximum Gasteiger partial charge on any atom is 0.407 e. The molecule has 27 heavy (non-hydrogen) atoms. The van der Waals surface area contributed by atoms with Crippen molar-refractivity contribution < 1.29 is 28.9 Å². The molecule has 144 valence electrons. The summed E-state index contributed by atoms with van der Waals surface area (Å²) in [5, 5.41) is 22.9. The van der Waals surface area contributed by atoms with E-state index < -0.39 is 24.1 Å². The van der Waals surface area contributed by atoms with Crippen LogP contribution in [0.2, 0.25) is 0 Å². The topological polar surface area (TPSA) is 95.9 Å². The van der Waals surface area contributed by atoms with Gasteiger partial charge in [-0.1, -0.05) is 36.4 Å². The minimum atomic E-state index is -1.46. The molecule has 0 aliphatic rings. The fourth-order valence-corrected chi connectivity index (χ4v) is 2.68. The molecule has 1 amide bonds.